The molecule has 1 amide bonds. The minimum atomic E-state index is -0.297. The predicted molar refractivity (Wildman–Crippen MR) is 110 cm³/mol. The van der Waals surface area contributed by atoms with Gasteiger partial charge in [-0.1, -0.05) is 65.2 Å². The second-order valence-electron chi connectivity index (χ2n) is 6.21. The molecular weight excluding hydrogens is 381 g/mol. The van der Waals surface area contributed by atoms with Gasteiger partial charge in [-0.3, -0.25) is 9.59 Å². The molecule has 1 N–H and O–H groups in total. The molecule has 5 heteroatoms. The summed E-state index contributed by atoms with van der Waals surface area (Å²) in [5.41, 5.74) is 3.08. The zero-order chi connectivity index (χ0) is 19.4. The van der Waals surface area contributed by atoms with Crippen LogP contribution >= 0.6 is 23.2 Å². The Morgan fingerprint density at radius 3 is 2.30 bits per heavy atom. The van der Waals surface area contributed by atoms with E-state index in [1.165, 1.54) is 6.07 Å². The number of benzene rings is 3. The maximum absolute atomic E-state index is 12.9. The smallest absolute Gasteiger partial charge is 0.228 e. The van der Waals surface area contributed by atoms with Gasteiger partial charge in [-0.25, -0.2) is 0 Å². The SMILES string of the molecule is Cc1ccc(CC(=O)Nc2ccc(Cl)cc2C(=O)c2ccccc2Cl)cc1. The summed E-state index contributed by atoms with van der Waals surface area (Å²) in [5, 5.41) is 3.56. The molecule has 136 valence electrons. The zero-order valence-electron chi connectivity index (χ0n) is 14.6. The molecule has 0 bridgehead atoms. The Morgan fingerprint density at radius 1 is 0.889 bits per heavy atom. The van der Waals surface area contributed by atoms with Crippen LogP contribution in [0, 0.1) is 6.92 Å². The Bertz CT molecular complexity index is 997. The number of hydrogen-bond acceptors (Lipinski definition) is 2. The van der Waals surface area contributed by atoms with Gasteiger partial charge in [0.1, 0.15) is 0 Å². The fraction of sp³-hybridized carbons (Fsp3) is 0.0909. The quantitative estimate of drug-likeness (QED) is 0.560. The number of halogens is 2. The first-order chi connectivity index (χ1) is 12.9. The normalized spacial score (nSPS) is 10.5. The van der Waals surface area contributed by atoms with E-state index < -0.39 is 0 Å². The van der Waals surface area contributed by atoms with Gasteiger partial charge >= 0.3 is 0 Å². The van der Waals surface area contributed by atoms with E-state index in [0.29, 0.717) is 26.9 Å². The summed E-state index contributed by atoms with van der Waals surface area (Å²) in [6, 6.07) is 19.3. The van der Waals surface area contributed by atoms with Crippen molar-refractivity contribution in [2.24, 2.45) is 0 Å². The van der Waals surface area contributed by atoms with E-state index in [9.17, 15) is 9.59 Å². The molecule has 3 aromatic rings. The molecule has 0 fully saturated rings. The molecule has 0 saturated carbocycles. The van der Waals surface area contributed by atoms with Crippen molar-refractivity contribution in [2.75, 3.05) is 5.32 Å². The lowest BCUT2D eigenvalue weighted by Crippen LogP contribution is -2.17. The Labute approximate surface area is 167 Å². The van der Waals surface area contributed by atoms with Crippen LogP contribution in [0.25, 0.3) is 0 Å². The number of hydrogen-bond donors (Lipinski definition) is 1. The summed E-state index contributed by atoms with van der Waals surface area (Å²) in [6.07, 6.45) is 0.211. The third-order valence-corrected chi connectivity index (χ3v) is 4.67. The van der Waals surface area contributed by atoms with Gasteiger partial charge in [0, 0.05) is 16.1 Å². The van der Waals surface area contributed by atoms with Crippen molar-refractivity contribution in [3.63, 3.8) is 0 Å². The Hall–Kier alpha value is -2.62. The van der Waals surface area contributed by atoms with Crippen LogP contribution in [0.3, 0.4) is 0 Å². The van der Waals surface area contributed by atoms with Gasteiger partial charge in [-0.2, -0.15) is 0 Å². The first-order valence-corrected chi connectivity index (χ1v) is 9.14. The summed E-state index contributed by atoms with van der Waals surface area (Å²) in [4.78, 5) is 25.4. The summed E-state index contributed by atoms with van der Waals surface area (Å²) in [5.74, 6) is -0.511. The molecule has 0 unspecified atom stereocenters. The molecule has 27 heavy (non-hydrogen) atoms. The van der Waals surface area contributed by atoms with E-state index in [0.717, 1.165) is 11.1 Å². The largest absolute Gasteiger partial charge is 0.325 e. The van der Waals surface area contributed by atoms with Gasteiger partial charge in [0.05, 0.1) is 17.1 Å². The third-order valence-electron chi connectivity index (χ3n) is 4.10. The molecule has 0 radical (unpaired) electrons. The van der Waals surface area contributed by atoms with Crippen molar-refractivity contribution in [3.8, 4) is 0 Å². The predicted octanol–water partition coefficient (Wildman–Crippen LogP) is 5.71. The molecule has 0 aliphatic carbocycles. The highest BCUT2D eigenvalue weighted by molar-refractivity contribution is 6.36. The van der Waals surface area contributed by atoms with E-state index in [1.54, 1.807) is 36.4 Å². The highest BCUT2D eigenvalue weighted by Crippen LogP contribution is 2.26. The lowest BCUT2D eigenvalue weighted by atomic mass is 10.0. The van der Waals surface area contributed by atoms with Crippen LogP contribution in [0.5, 0.6) is 0 Å². The topological polar surface area (TPSA) is 46.2 Å². The Balaban J connectivity index is 1.86. The molecule has 0 atom stereocenters. The van der Waals surface area contributed by atoms with E-state index in [-0.39, 0.29) is 18.1 Å². The molecular formula is C22H17Cl2NO2. The van der Waals surface area contributed by atoms with Crippen LogP contribution < -0.4 is 5.32 Å². The summed E-state index contributed by atoms with van der Waals surface area (Å²) < 4.78 is 0. The number of amides is 1. The first kappa shape index (κ1) is 19.2. The molecule has 3 rings (SSSR count). The van der Waals surface area contributed by atoms with Crippen molar-refractivity contribution in [1.82, 2.24) is 0 Å². The van der Waals surface area contributed by atoms with Gasteiger partial charge < -0.3 is 5.32 Å². The second kappa shape index (κ2) is 8.38. The summed E-state index contributed by atoms with van der Waals surface area (Å²) >= 11 is 12.2. The number of carbonyl (C=O) groups excluding carboxylic acids is 2. The Kier molecular flexibility index (Phi) is 5.94. The number of carbonyl (C=O) groups is 2. The maximum atomic E-state index is 12.9. The number of rotatable bonds is 5. The molecule has 3 aromatic carbocycles. The molecule has 0 aliphatic rings. The average Bonchev–Trinajstić information content (AvgIpc) is 2.65. The van der Waals surface area contributed by atoms with Gasteiger partial charge in [0.2, 0.25) is 5.91 Å². The molecule has 3 nitrogen and oxygen atoms in total. The van der Waals surface area contributed by atoms with Crippen LogP contribution in [0.1, 0.15) is 27.0 Å². The monoisotopic (exact) mass is 397 g/mol. The fourth-order valence-corrected chi connectivity index (χ4v) is 3.08. The van der Waals surface area contributed by atoms with Crippen LogP contribution in [0.15, 0.2) is 66.7 Å². The van der Waals surface area contributed by atoms with Crippen LogP contribution in [-0.2, 0) is 11.2 Å². The van der Waals surface area contributed by atoms with E-state index >= 15 is 0 Å². The standard InChI is InChI=1S/C22H17Cl2NO2/c1-14-6-8-15(9-7-14)12-21(26)25-20-11-10-16(23)13-18(20)22(27)17-4-2-3-5-19(17)24/h2-11,13H,12H2,1H3,(H,25,26). The molecule has 0 heterocycles. The number of anilines is 1. The molecule has 0 saturated heterocycles. The van der Waals surface area contributed by atoms with E-state index in [1.807, 2.05) is 31.2 Å². The highest BCUT2D eigenvalue weighted by Gasteiger charge is 2.18. The van der Waals surface area contributed by atoms with Crippen LogP contribution in [0.4, 0.5) is 5.69 Å². The third kappa shape index (κ3) is 4.76. The number of aryl methyl sites for hydroxylation is 1. The first-order valence-electron chi connectivity index (χ1n) is 8.38. The van der Waals surface area contributed by atoms with Crippen molar-refractivity contribution >= 4 is 40.6 Å². The average molecular weight is 398 g/mol. The number of ketones is 1. The van der Waals surface area contributed by atoms with Gasteiger partial charge in [0.15, 0.2) is 5.78 Å². The fourth-order valence-electron chi connectivity index (χ4n) is 2.69. The lowest BCUT2D eigenvalue weighted by Gasteiger charge is -2.12. The molecule has 0 spiro atoms. The minimum Gasteiger partial charge on any atom is -0.325 e. The van der Waals surface area contributed by atoms with Crippen molar-refractivity contribution in [1.29, 1.82) is 0 Å². The number of nitrogens with one attached hydrogen (secondary N) is 1. The minimum absolute atomic E-state index is 0.211. The molecule has 0 aliphatic heterocycles. The van der Waals surface area contributed by atoms with Gasteiger partial charge in [0.25, 0.3) is 0 Å². The van der Waals surface area contributed by atoms with Crippen molar-refractivity contribution < 1.29 is 9.59 Å². The van der Waals surface area contributed by atoms with Gasteiger partial charge in [-0.05, 0) is 42.8 Å². The Morgan fingerprint density at radius 2 is 1.59 bits per heavy atom. The van der Waals surface area contributed by atoms with Gasteiger partial charge in [-0.15, -0.1) is 0 Å². The van der Waals surface area contributed by atoms with Crippen LogP contribution in [0.2, 0.25) is 10.0 Å². The molecule has 0 aromatic heterocycles. The summed E-state index contributed by atoms with van der Waals surface area (Å²) in [7, 11) is 0. The van der Waals surface area contributed by atoms with Crippen molar-refractivity contribution in [2.45, 2.75) is 13.3 Å². The summed E-state index contributed by atoms with van der Waals surface area (Å²) in [6.45, 7) is 1.99. The maximum Gasteiger partial charge on any atom is 0.228 e. The van der Waals surface area contributed by atoms with E-state index in [2.05, 4.69) is 5.32 Å². The highest BCUT2D eigenvalue weighted by atomic mass is 35.5. The zero-order valence-corrected chi connectivity index (χ0v) is 16.1. The van der Waals surface area contributed by atoms with Crippen molar-refractivity contribution in [3.05, 3.63) is 99.0 Å². The van der Waals surface area contributed by atoms with E-state index in [4.69, 9.17) is 23.2 Å². The lowest BCUT2D eigenvalue weighted by molar-refractivity contribution is -0.115. The van der Waals surface area contributed by atoms with Crippen LogP contribution in [-0.4, -0.2) is 11.7 Å². The second-order valence-corrected chi connectivity index (χ2v) is 7.05.